The van der Waals surface area contributed by atoms with Gasteiger partial charge in [-0.1, -0.05) is 0 Å². The zero-order valence-corrected chi connectivity index (χ0v) is 8.77. The topological polar surface area (TPSA) is 43.1 Å². The van der Waals surface area contributed by atoms with E-state index in [0.717, 1.165) is 6.07 Å². The molecule has 0 spiro atoms. The van der Waals surface area contributed by atoms with Gasteiger partial charge in [0.25, 0.3) is 6.43 Å². The third-order valence-corrected chi connectivity index (χ3v) is 2.25. The van der Waals surface area contributed by atoms with Gasteiger partial charge in [0.1, 0.15) is 5.82 Å². The van der Waals surface area contributed by atoms with Crippen molar-refractivity contribution in [3.8, 4) is 0 Å². The summed E-state index contributed by atoms with van der Waals surface area (Å²) < 4.78 is 38.1. The molecule has 0 saturated carbocycles. The lowest BCUT2D eigenvalue weighted by atomic mass is 10.0. The van der Waals surface area contributed by atoms with Gasteiger partial charge in [0.05, 0.1) is 5.56 Å². The molecule has 5 heteroatoms. The molecule has 0 fully saturated rings. The first kappa shape index (κ1) is 12.7. The second kappa shape index (κ2) is 5.12. The predicted octanol–water partition coefficient (Wildman–Crippen LogP) is 2.60. The Bertz CT molecular complexity index is 381. The number of alkyl halides is 2. The van der Waals surface area contributed by atoms with E-state index in [4.69, 9.17) is 5.73 Å². The van der Waals surface area contributed by atoms with Crippen LogP contribution in [0, 0.1) is 12.7 Å². The van der Waals surface area contributed by atoms with Gasteiger partial charge in [-0.05, 0) is 31.2 Å². The normalized spacial score (nSPS) is 10.9. The fourth-order valence-corrected chi connectivity index (χ4v) is 1.47. The van der Waals surface area contributed by atoms with Crippen LogP contribution in [0.15, 0.2) is 12.1 Å². The SMILES string of the molecule is Cc1cc(C(=O)CCN)cc(F)c1C(F)F. The molecule has 2 nitrogen and oxygen atoms in total. The maximum atomic E-state index is 13.3. The number of Topliss-reactive ketones (excluding diaryl/α,β-unsaturated/α-hetero) is 1. The van der Waals surface area contributed by atoms with E-state index in [1.54, 1.807) is 0 Å². The number of carbonyl (C=O) groups is 1. The van der Waals surface area contributed by atoms with E-state index < -0.39 is 17.8 Å². The Morgan fingerprint density at radius 3 is 2.50 bits per heavy atom. The first-order chi connectivity index (χ1) is 7.47. The molecule has 1 aromatic rings. The van der Waals surface area contributed by atoms with Gasteiger partial charge in [0, 0.05) is 12.0 Å². The summed E-state index contributed by atoms with van der Waals surface area (Å²) in [5.74, 6) is -1.39. The van der Waals surface area contributed by atoms with Crippen molar-refractivity contribution in [2.24, 2.45) is 5.73 Å². The predicted molar refractivity (Wildman–Crippen MR) is 54.1 cm³/mol. The van der Waals surface area contributed by atoms with E-state index in [1.165, 1.54) is 13.0 Å². The van der Waals surface area contributed by atoms with E-state index in [1.807, 2.05) is 0 Å². The fraction of sp³-hybridized carbons (Fsp3) is 0.364. The molecule has 0 bridgehead atoms. The summed E-state index contributed by atoms with van der Waals surface area (Å²) in [6.07, 6.45) is -2.80. The second-order valence-electron chi connectivity index (χ2n) is 3.45. The van der Waals surface area contributed by atoms with Gasteiger partial charge in [-0.25, -0.2) is 13.2 Å². The van der Waals surface area contributed by atoms with Crippen LogP contribution in [0.5, 0.6) is 0 Å². The molecular weight excluding hydrogens is 219 g/mol. The van der Waals surface area contributed by atoms with Gasteiger partial charge in [-0.2, -0.15) is 0 Å². The fourth-order valence-electron chi connectivity index (χ4n) is 1.47. The van der Waals surface area contributed by atoms with Crippen LogP contribution in [-0.4, -0.2) is 12.3 Å². The third kappa shape index (κ3) is 2.61. The Hall–Kier alpha value is -1.36. The average molecular weight is 231 g/mol. The molecule has 88 valence electrons. The molecule has 16 heavy (non-hydrogen) atoms. The van der Waals surface area contributed by atoms with Crippen LogP contribution in [0.3, 0.4) is 0 Å². The van der Waals surface area contributed by atoms with Crippen LogP contribution in [0.4, 0.5) is 13.2 Å². The summed E-state index contributed by atoms with van der Waals surface area (Å²) in [6.45, 7) is 1.50. The van der Waals surface area contributed by atoms with Gasteiger partial charge in [-0.3, -0.25) is 4.79 Å². The molecule has 2 N–H and O–H groups in total. The third-order valence-electron chi connectivity index (χ3n) is 2.25. The molecule has 0 aliphatic rings. The minimum Gasteiger partial charge on any atom is -0.330 e. The summed E-state index contributed by atoms with van der Waals surface area (Å²) in [5.41, 5.74) is 4.70. The number of hydrogen-bond acceptors (Lipinski definition) is 2. The highest BCUT2D eigenvalue weighted by Crippen LogP contribution is 2.27. The van der Waals surface area contributed by atoms with E-state index in [-0.39, 0.29) is 29.9 Å². The molecule has 0 saturated heterocycles. The van der Waals surface area contributed by atoms with Crippen molar-refractivity contribution < 1.29 is 18.0 Å². The number of aryl methyl sites for hydroxylation is 1. The number of ketones is 1. The summed E-state index contributed by atoms with van der Waals surface area (Å²) in [6, 6.07) is 2.11. The second-order valence-corrected chi connectivity index (χ2v) is 3.45. The summed E-state index contributed by atoms with van der Waals surface area (Å²) >= 11 is 0. The smallest absolute Gasteiger partial charge is 0.266 e. The Morgan fingerprint density at radius 2 is 2.06 bits per heavy atom. The standard InChI is InChI=1S/C11H12F3NO/c1-6-4-7(9(16)2-3-15)5-8(12)10(6)11(13)14/h4-5,11H,2-3,15H2,1H3. The van der Waals surface area contributed by atoms with Crippen LogP contribution in [0.25, 0.3) is 0 Å². The number of rotatable bonds is 4. The van der Waals surface area contributed by atoms with Gasteiger partial charge in [0.2, 0.25) is 0 Å². The van der Waals surface area contributed by atoms with Crippen LogP contribution >= 0.6 is 0 Å². The number of halogens is 3. The molecule has 0 unspecified atom stereocenters. The van der Waals surface area contributed by atoms with Crippen molar-refractivity contribution in [2.75, 3.05) is 6.54 Å². The lowest BCUT2D eigenvalue weighted by molar-refractivity contribution is 0.0984. The molecular formula is C11H12F3NO. The number of nitrogens with two attached hydrogens (primary N) is 1. The highest BCUT2D eigenvalue weighted by Gasteiger charge is 2.18. The summed E-state index contributed by atoms with van der Waals surface area (Å²) in [7, 11) is 0. The van der Waals surface area contributed by atoms with Crippen molar-refractivity contribution in [3.05, 3.63) is 34.6 Å². The Morgan fingerprint density at radius 1 is 1.44 bits per heavy atom. The number of hydrogen-bond donors (Lipinski definition) is 1. The van der Waals surface area contributed by atoms with E-state index in [2.05, 4.69) is 0 Å². The van der Waals surface area contributed by atoms with E-state index in [9.17, 15) is 18.0 Å². The highest BCUT2D eigenvalue weighted by atomic mass is 19.3. The maximum absolute atomic E-state index is 13.3. The van der Waals surface area contributed by atoms with Crippen LogP contribution < -0.4 is 5.73 Å². The van der Waals surface area contributed by atoms with Crippen LogP contribution in [0.2, 0.25) is 0 Å². The van der Waals surface area contributed by atoms with Crippen LogP contribution in [-0.2, 0) is 0 Å². The van der Waals surface area contributed by atoms with Crippen molar-refractivity contribution in [3.63, 3.8) is 0 Å². The zero-order valence-electron chi connectivity index (χ0n) is 8.77. The van der Waals surface area contributed by atoms with Gasteiger partial charge < -0.3 is 5.73 Å². The van der Waals surface area contributed by atoms with Crippen molar-refractivity contribution in [1.82, 2.24) is 0 Å². The first-order valence-electron chi connectivity index (χ1n) is 4.78. The minimum absolute atomic E-state index is 0.0763. The summed E-state index contributed by atoms with van der Waals surface area (Å²) in [5, 5.41) is 0. The monoisotopic (exact) mass is 231 g/mol. The quantitative estimate of drug-likeness (QED) is 0.809. The molecule has 0 aliphatic carbocycles. The van der Waals surface area contributed by atoms with Crippen molar-refractivity contribution in [2.45, 2.75) is 19.8 Å². The summed E-state index contributed by atoms with van der Waals surface area (Å²) in [4.78, 5) is 11.4. The molecule has 0 heterocycles. The molecule has 0 aliphatic heterocycles. The van der Waals surface area contributed by atoms with Crippen LogP contribution in [0.1, 0.15) is 34.3 Å². The molecule has 1 aromatic carbocycles. The minimum atomic E-state index is -2.88. The maximum Gasteiger partial charge on any atom is 0.266 e. The number of benzene rings is 1. The molecule has 0 radical (unpaired) electrons. The molecule has 1 rings (SSSR count). The van der Waals surface area contributed by atoms with Crippen molar-refractivity contribution >= 4 is 5.78 Å². The van der Waals surface area contributed by atoms with E-state index in [0.29, 0.717) is 0 Å². The Balaban J connectivity index is 3.14. The highest BCUT2D eigenvalue weighted by molar-refractivity contribution is 5.96. The zero-order chi connectivity index (χ0) is 12.3. The van der Waals surface area contributed by atoms with Gasteiger partial charge in [0.15, 0.2) is 5.78 Å². The number of carbonyl (C=O) groups excluding carboxylic acids is 1. The molecule has 0 aromatic heterocycles. The van der Waals surface area contributed by atoms with Gasteiger partial charge in [-0.15, -0.1) is 0 Å². The Labute approximate surface area is 91.3 Å². The lowest BCUT2D eigenvalue weighted by Crippen LogP contribution is -2.09. The van der Waals surface area contributed by atoms with Crippen molar-refractivity contribution in [1.29, 1.82) is 0 Å². The lowest BCUT2D eigenvalue weighted by Gasteiger charge is -2.08. The Kier molecular flexibility index (Phi) is 4.06. The van der Waals surface area contributed by atoms with E-state index >= 15 is 0 Å². The average Bonchev–Trinajstić information content (AvgIpc) is 2.16. The first-order valence-corrected chi connectivity index (χ1v) is 4.78. The van der Waals surface area contributed by atoms with Gasteiger partial charge >= 0.3 is 0 Å². The largest absolute Gasteiger partial charge is 0.330 e. The molecule has 0 amide bonds. The molecule has 0 atom stereocenters.